The number of hydrogen-bond donors (Lipinski definition) is 0. The Hall–Kier alpha value is 1.90. The topological polar surface area (TPSA) is 0 Å². The molecule has 0 amide bonds. The van der Waals surface area contributed by atoms with Gasteiger partial charge in [-0.1, -0.05) is 0 Å². The summed E-state index contributed by atoms with van der Waals surface area (Å²) in [6, 6.07) is 0. The van der Waals surface area contributed by atoms with Crippen LogP contribution < -0.4 is 0 Å². The van der Waals surface area contributed by atoms with Crippen molar-refractivity contribution in [2.75, 3.05) is 0 Å². The van der Waals surface area contributed by atoms with E-state index in [2.05, 4.69) is 0 Å². The average molecular weight is 339 g/mol. The molecule has 41 valence electrons. The van der Waals surface area contributed by atoms with E-state index in [1.54, 1.807) is 0 Å². The predicted molar refractivity (Wildman–Crippen MR) is 23.4 cm³/mol. The average Bonchev–Trinajstić information content (AvgIpc) is 0.722. The molecule has 0 aliphatic carbocycles. The summed E-state index contributed by atoms with van der Waals surface area (Å²) in [6.45, 7) is 0. The van der Waals surface area contributed by atoms with Crippen LogP contribution >= 0.6 is 36.8 Å². The van der Waals surface area contributed by atoms with Gasteiger partial charge in [0.1, 0.15) is 0 Å². The molecule has 0 radical (unpaired) electrons. The van der Waals surface area contributed by atoms with Crippen molar-refractivity contribution in [2.24, 2.45) is 0 Å². The minimum absolute atomic E-state index is 3.00. The van der Waals surface area contributed by atoms with Crippen LogP contribution in [0.3, 0.4) is 0 Å². The summed E-state index contributed by atoms with van der Waals surface area (Å²) >= 11 is -3.00. The standard InChI is InChI=1S/Au.4ClH/h;4*1H/q+2;;;;/p-4. The molecule has 0 aromatic carbocycles. The van der Waals surface area contributed by atoms with Crippen LogP contribution in [0.1, 0.15) is 0 Å². The molecule has 0 aromatic rings. The van der Waals surface area contributed by atoms with Gasteiger partial charge in [0.05, 0.1) is 0 Å². The second kappa shape index (κ2) is 2.27. The molecule has 0 unspecified atom stereocenters. The molecule has 0 saturated carbocycles. The number of halogens is 4. The fourth-order valence-electron chi connectivity index (χ4n) is 0. The van der Waals surface area contributed by atoms with Crippen LogP contribution in [0.5, 0.6) is 0 Å². The summed E-state index contributed by atoms with van der Waals surface area (Å²) in [4.78, 5) is 0. The summed E-state index contributed by atoms with van der Waals surface area (Å²) in [7, 11) is 20.0. The molecule has 0 spiro atoms. The van der Waals surface area contributed by atoms with Crippen molar-refractivity contribution in [2.45, 2.75) is 0 Å². The fraction of sp³-hybridized carbons (Fsp3) is 0. The van der Waals surface area contributed by atoms with Crippen molar-refractivity contribution in [3.63, 3.8) is 0 Å². The van der Waals surface area contributed by atoms with E-state index in [1.165, 1.54) is 0 Å². The van der Waals surface area contributed by atoms with Gasteiger partial charge in [0.2, 0.25) is 0 Å². The van der Waals surface area contributed by atoms with Crippen LogP contribution in [0.15, 0.2) is 0 Å². The molecule has 0 nitrogen and oxygen atoms in total. The Bertz CT molecular complexity index is 19.1. The van der Waals surface area contributed by atoms with Gasteiger partial charge >= 0.3 is 49.6 Å². The van der Waals surface area contributed by atoms with Crippen LogP contribution in [0.25, 0.3) is 0 Å². The van der Waals surface area contributed by atoms with E-state index in [0.717, 1.165) is 0 Å². The molecule has 0 N–H and O–H groups in total. The molecule has 0 aliphatic rings. The van der Waals surface area contributed by atoms with E-state index in [0.29, 0.717) is 0 Å². The Balaban J connectivity index is 3.02. The van der Waals surface area contributed by atoms with Gasteiger partial charge in [-0.2, -0.15) is 0 Å². The fourth-order valence-corrected chi connectivity index (χ4v) is 0. The Kier molecular flexibility index (Phi) is 3.13. The first-order chi connectivity index (χ1) is 2.00. The van der Waals surface area contributed by atoms with E-state index in [1.807, 2.05) is 0 Å². The van der Waals surface area contributed by atoms with Crippen LogP contribution in [-0.2, 0) is 12.8 Å². The minimum atomic E-state index is -3.00. The molecular formula is AuCl4-2. The Morgan fingerprint density at radius 2 is 0.800 bits per heavy atom. The summed E-state index contributed by atoms with van der Waals surface area (Å²) in [5.41, 5.74) is 0. The van der Waals surface area contributed by atoms with Crippen LogP contribution in [0.4, 0.5) is 0 Å². The monoisotopic (exact) mass is 337 g/mol. The quantitative estimate of drug-likeness (QED) is 0.596. The van der Waals surface area contributed by atoms with Crippen molar-refractivity contribution in [3.8, 4) is 0 Å². The molecule has 0 atom stereocenters. The van der Waals surface area contributed by atoms with Crippen molar-refractivity contribution in [3.05, 3.63) is 0 Å². The van der Waals surface area contributed by atoms with Gasteiger partial charge in [-0.15, -0.1) is 0 Å². The summed E-state index contributed by atoms with van der Waals surface area (Å²) in [5, 5.41) is 0. The van der Waals surface area contributed by atoms with Crippen molar-refractivity contribution >= 4 is 36.8 Å². The first kappa shape index (κ1) is 6.90. The zero-order valence-corrected chi connectivity index (χ0v) is 7.00. The molecule has 5 heteroatoms. The van der Waals surface area contributed by atoms with E-state index in [9.17, 15) is 0 Å². The van der Waals surface area contributed by atoms with E-state index < -0.39 is 12.8 Å². The number of rotatable bonds is 0. The zero-order chi connectivity index (χ0) is 4.50. The maximum absolute atomic E-state index is 5.00. The molecule has 0 fully saturated rings. The summed E-state index contributed by atoms with van der Waals surface area (Å²) < 4.78 is 0. The molecule has 0 aliphatic heterocycles. The predicted octanol–water partition coefficient (Wildman–Crippen LogP) is 2.76. The van der Waals surface area contributed by atoms with Gasteiger partial charge in [0.15, 0.2) is 0 Å². The van der Waals surface area contributed by atoms with Gasteiger partial charge in [-0.25, -0.2) is 0 Å². The molecular weight excluding hydrogens is 339 g/mol. The van der Waals surface area contributed by atoms with Crippen molar-refractivity contribution in [1.29, 1.82) is 0 Å². The second-order valence-electron chi connectivity index (χ2n) is 0.258. The first-order valence-electron chi connectivity index (χ1n) is 0.456. The van der Waals surface area contributed by atoms with E-state index in [4.69, 9.17) is 36.8 Å². The van der Waals surface area contributed by atoms with Gasteiger partial charge in [0.25, 0.3) is 0 Å². The maximum atomic E-state index is 5.00. The molecule has 5 heavy (non-hydrogen) atoms. The SMILES string of the molecule is [Cl][Au-2]([Cl])([Cl])[Cl]. The first-order valence-corrected chi connectivity index (χ1v) is 11.2. The normalized spacial score (nSPS) is 15.2. The van der Waals surface area contributed by atoms with Crippen LogP contribution in [0.2, 0.25) is 0 Å². The third kappa shape index (κ3) is 24.9. The van der Waals surface area contributed by atoms with Gasteiger partial charge in [-0.3, -0.25) is 0 Å². The number of hydrogen-bond acceptors (Lipinski definition) is 0. The molecule has 0 bridgehead atoms. The molecule has 0 rings (SSSR count). The van der Waals surface area contributed by atoms with Crippen LogP contribution in [-0.4, -0.2) is 0 Å². The summed E-state index contributed by atoms with van der Waals surface area (Å²) in [6.07, 6.45) is 0. The van der Waals surface area contributed by atoms with E-state index in [-0.39, 0.29) is 0 Å². The van der Waals surface area contributed by atoms with Gasteiger partial charge in [-0.05, 0) is 0 Å². The molecule has 0 saturated heterocycles. The molecule has 0 heterocycles. The second-order valence-corrected chi connectivity index (χ2v) is 19.0. The van der Waals surface area contributed by atoms with Gasteiger partial charge in [0, 0.05) is 0 Å². The van der Waals surface area contributed by atoms with Crippen molar-refractivity contribution in [1.82, 2.24) is 0 Å². The van der Waals surface area contributed by atoms with Gasteiger partial charge < -0.3 is 0 Å². The third-order valence-electron chi connectivity index (χ3n) is 0. The zero-order valence-electron chi connectivity index (χ0n) is 1.81. The third-order valence-corrected chi connectivity index (χ3v) is 0. The Labute approximate surface area is 49.2 Å². The summed E-state index contributed by atoms with van der Waals surface area (Å²) in [5.74, 6) is 0. The Morgan fingerprint density at radius 1 is 0.800 bits per heavy atom. The van der Waals surface area contributed by atoms with Crippen LogP contribution in [0, 0.1) is 0 Å². The Morgan fingerprint density at radius 3 is 0.800 bits per heavy atom. The molecule has 0 aromatic heterocycles. The van der Waals surface area contributed by atoms with E-state index >= 15 is 0 Å². The van der Waals surface area contributed by atoms with Crippen molar-refractivity contribution < 1.29 is 12.8 Å².